The van der Waals surface area contributed by atoms with E-state index in [0.29, 0.717) is 5.69 Å². The number of phenolic OH excluding ortho intramolecular Hbond substituents is 1. The van der Waals surface area contributed by atoms with Gasteiger partial charge in [-0.15, -0.1) is 0 Å². The fraction of sp³-hybridized carbons (Fsp3) is 0.400. The molecule has 43 heavy (non-hydrogen) atoms. The minimum Gasteiger partial charge on any atom is -0.508 e. The van der Waals surface area contributed by atoms with Crippen molar-refractivity contribution in [3.8, 4) is 5.75 Å². The number of hydrogen-bond donors (Lipinski definition) is 3. The highest BCUT2D eigenvalue weighted by atomic mass is 16.6. The Bertz CT molecular complexity index is 1460. The van der Waals surface area contributed by atoms with Crippen molar-refractivity contribution < 1.29 is 24.2 Å². The third-order valence-electron chi connectivity index (χ3n) is 7.74. The number of carbonyl (C=O) groups is 3. The number of nitrogens with one attached hydrogen (secondary N) is 2. The molecule has 1 saturated carbocycles. The van der Waals surface area contributed by atoms with Crippen LogP contribution in [0.4, 0.5) is 10.5 Å². The monoisotopic (exact) mass is 585 g/mol. The Morgan fingerprint density at radius 1 is 0.953 bits per heavy atom. The Morgan fingerprint density at radius 3 is 2.21 bits per heavy atom. The number of ether oxygens (including phenoxy) is 1. The lowest BCUT2D eigenvalue weighted by atomic mass is 9.86. The predicted octanol–water partition coefficient (Wildman–Crippen LogP) is 6.51. The largest absolute Gasteiger partial charge is 0.508 e. The number of hydrogen-bond acceptors (Lipinski definition) is 5. The molecule has 3 aromatic rings. The molecule has 1 aliphatic carbocycles. The van der Waals surface area contributed by atoms with Crippen LogP contribution in [0.2, 0.25) is 0 Å². The number of phenols is 1. The summed E-state index contributed by atoms with van der Waals surface area (Å²) in [5.41, 5.74) is 4.25. The van der Waals surface area contributed by atoms with Crippen LogP contribution >= 0.6 is 0 Å². The number of amides is 3. The van der Waals surface area contributed by atoms with E-state index in [9.17, 15) is 19.5 Å². The van der Waals surface area contributed by atoms with Crippen molar-refractivity contribution in [1.29, 1.82) is 0 Å². The van der Waals surface area contributed by atoms with E-state index >= 15 is 0 Å². The average Bonchev–Trinajstić information content (AvgIpc) is 2.89. The molecule has 3 N–H and O–H groups in total. The van der Waals surface area contributed by atoms with Crippen LogP contribution in [0.1, 0.15) is 73.9 Å². The van der Waals surface area contributed by atoms with Gasteiger partial charge in [0.15, 0.2) is 0 Å². The molecule has 3 amide bonds. The van der Waals surface area contributed by atoms with E-state index in [2.05, 4.69) is 10.6 Å². The van der Waals surface area contributed by atoms with Gasteiger partial charge < -0.3 is 25.4 Å². The smallest absolute Gasteiger partial charge is 0.408 e. The summed E-state index contributed by atoms with van der Waals surface area (Å²) >= 11 is 0. The first-order valence-corrected chi connectivity index (χ1v) is 14.9. The molecule has 0 spiro atoms. The standard InChI is InChI=1S/C35H43N3O5/c1-22-14-19-28(24(3)20-22)31(32(40)36-29-13-8-7-10-23(29)2)38(26-11-9-12-26)33(41)30(37-34(42)43-35(4,5)6)21-25-15-17-27(39)18-16-25/h7-8,10,13-20,26,30-31,39H,9,11-12,21H2,1-6H3,(H,36,40)(H,37,42). The molecule has 3 aromatic carbocycles. The molecule has 0 aliphatic heterocycles. The van der Waals surface area contributed by atoms with Gasteiger partial charge in [-0.3, -0.25) is 9.59 Å². The molecule has 0 radical (unpaired) electrons. The summed E-state index contributed by atoms with van der Waals surface area (Å²) in [6.45, 7) is 11.1. The van der Waals surface area contributed by atoms with E-state index in [0.717, 1.165) is 47.1 Å². The quantitative estimate of drug-likeness (QED) is 0.265. The Hall–Kier alpha value is -4.33. The molecule has 0 bridgehead atoms. The van der Waals surface area contributed by atoms with Gasteiger partial charge in [-0.2, -0.15) is 0 Å². The molecule has 2 atom stereocenters. The van der Waals surface area contributed by atoms with Crippen molar-refractivity contribution >= 4 is 23.6 Å². The topological polar surface area (TPSA) is 108 Å². The van der Waals surface area contributed by atoms with Crippen LogP contribution in [-0.4, -0.2) is 45.6 Å². The summed E-state index contributed by atoms with van der Waals surface area (Å²) < 4.78 is 5.53. The van der Waals surface area contributed by atoms with Crippen molar-refractivity contribution in [2.24, 2.45) is 0 Å². The Kier molecular flexibility index (Phi) is 9.79. The van der Waals surface area contributed by atoms with Crippen LogP contribution in [-0.2, 0) is 20.7 Å². The van der Waals surface area contributed by atoms with Crippen molar-refractivity contribution in [1.82, 2.24) is 10.2 Å². The van der Waals surface area contributed by atoms with Crippen LogP contribution < -0.4 is 10.6 Å². The predicted molar refractivity (Wildman–Crippen MR) is 168 cm³/mol. The van der Waals surface area contributed by atoms with E-state index in [1.54, 1.807) is 49.9 Å². The summed E-state index contributed by atoms with van der Waals surface area (Å²) in [5, 5.41) is 15.7. The fourth-order valence-corrected chi connectivity index (χ4v) is 5.34. The molecule has 1 fully saturated rings. The van der Waals surface area contributed by atoms with Gasteiger partial charge in [-0.25, -0.2) is 4.79 Å². The zero-order chi connectivity index (χ0) is 31.3. The van der Waals surface area contributed by atoms with Gasteiger partial charge in [0, 0.05) is 18.2 Å². The number of rotatable bonds is 9. The summed E-state index contributed by atoms with van der Waals surface area (Å²) in [4.78, 5) is 43.7. The van der Waals surface area contributed by atoms with Gasteiger partial charge in [0.25, 0.3) is 5.91 Å². The maximum atomic E-state index is 14.7. The van der Waals surface area contributed by atoms with E-state index in [1.807, 2.05) is 63.2 Å². The number of alkyl carbamates (subject to hydrolysis) is 1. The Morgan fingerprint density at radius 2 is 1.63 bits per heavy atom. The van der Waals surface area contributed by atoms with Crippen LogP contribution in [0.5, 0.6) is 5.75 Å². The molecule has 8 heteroatoms. The first-order chi connectivity index (χ1) is 20.3. The van der Waals surface area contributed by atoms with Gasteiger partial charge in [-0.1, -0.05) is 54.1 Å². The lowest BCUT2D eigenvalue weighted by Gasteiger charge is -2.44. The number of carbonyl (C=O) groups excluding carboxylic acids is 3. The Labute approximate surface area is 254 Å². The number of anilines is 1. The summed E-state index contributed by atoms with van der Waals surface area (Å²) in [6, 6.07) is 17.8. The van der Waals surface area contributed by atoms with Gasteiger partial charge in [-0.05, 0) is 101 Å². The highest BCUT2D eigenvalue weighted by Crippen LogP contribution is 2.36. The SMILES string of the molecule is Cc1ccc(C(C(=O)Nc2ccccc2C)N(C(=O)C(Cc2ccc(O)cc2)NC(=O)OC(C)(C)C)C2CCC2)c(C)c1. The molecular formula is C35H43N3O5. The second kappa shape index (κ2) is 13.3. The average molecular weight is 586 g/mol. The number of nitrogens with zero attached hydrogens (tertiary/aromatic N) is 1. The maximum Gasteiger partial charge on any atom is 0.408 e. The highest BCUT2D eigenvalue weighted by molar-refractivity contribution is 5.99. The zero-order valence-electron chi connectivity index (χ0n) is 25.9. The molecule has 2 unspecified atom stereocenters. The zero-order valence-corrected chi connectivity index (χ0v) is 25.9. The van der Waals surface area contributed by atoms with Crippen LogP contribution in [0, 0.1) is 20.8 Å². The maximum absolute atomic E-state index is 14.7. The molecule has 8 nitrogen and oxygen atoms in total. The third kappa shape index (κ3) is 8.15. The van der Waals surface area contributed by atoms with Crippen molar-refractivity contribution in [2.75, 3.05) is 5.32 Å². The van der Waals surface area contributed by atoms with Crippen molar-refractivity contribution in [2.45, 2.75) is 91.0 Å². The number of benzene rings is 3. The molecule has 0 heterocycles. The van der Waals surface area contributed by atoms with Crippen molar-refractivity contribution in [3.63, 3.8) is 0 Å². The first-order valence-electron chi connectivity index (χ1n) is 14.9. The summed E-state index contributed by atoms with van der Waals surface area (Å²) in [5.74, 6) is -0.582. The van der Waals surface area contributed by atoms with Gasteiger partial charge in [0.2, 0.25) is 5.91 Å². The Balaban J connectivity index is 1.78. The van der Waals surface area contributed by atoms with E-state index in [-0.39, 0.29) is 30.0 Å². The molecule has 228 valence electrons. The summed E-state index contributed by atoms with van der Waals surface area (Å²) in [6.07, 6.45) is 1.88. The fourth-order valence-electron chi connectivity index (χ4n) is 5.34. The lowest BCUT2D eigenvalue weighted by Crippen LogP contribution is -2.57. The van der Waals surface area contributed by atoms with E-state index < -0.39 is 23.8 Å². The summed E-state index contributed by atoms with van der Waals surface area (Å²) in [7, 11) is 0. The number of aryl methyl sites for hydroxylation is 3. The number of para-hydroxylation sites is 1. The third-order valence-corrected chi connectivity index (χ3v) is 7.74. The minimum atomic E-state index is -1.01. The molecule has 1 aliphatic rings. The second-order valence-electron chi connectivity index (χ2n) is 12.5. The molecular weight excluding hydrogens is 542 g/mol. The highest BCUT2D eigenvalue weighted by Gasteiger charge is 2.42. The molecule has 0 aromatic heterocycles. The molecule has 4 rings (SSSR count). The first kappa shape index (κ1) is 31.6. The van der Waals surface area contributed by atoms with E-state index in [1.165, 1.54) is 0 Å². The van der Waals surface area contributed by atoms with E-state index in [4.69, 9.17) is 4.74 Å². The minimum absolute atomic E-state index is 0.102. The van der Waals surface area contributed by atoms with Gasteiger partial charge in [0.05, 0.1) is 0 Å². The van der Waals surface area contributed by atoms with Crippen LogP contribution in [0.25, 0.3) is 0 Å². The second-order valence-corrected chi connectivity index (χ2v) is 12.5. The number of aromatic hydroxyl groups is 1. The van der Waals surface area contributed by atoms with Crippen LogP contribution in [0.15, 0.2) is 66.7 Å². The normalized spacial score (nSPS) is 14.7. The van der Waals surface area contributed by atoms with Crippen LogP contribution in [0.3, 0.4) is 0 Å². The lowest BCUT2D eigenvalue weighted by molar-refractivity contribution is -0.145. The van der Waals surface area contributed by atoms with Gasteiger partial charge in [0.1, 0.15) is 23.4 Å². The van der Waals surface area contributed by atoms with Gasteiger partial charge >= 0.3 is 6.09 Å². The van der Waals surface area contributed by atoms with Crippen molar-refractivity contribution in [3.05, 3.63) is 94.5 Å². The molecule has 0 saturated heterocycles.